The Morgan fingerprint density at radius 1 is 0.871 bits per heavy atom. The highest BCUT2D eigenvalue weighted by atomic mass is 32.2. The Kier molecular flexibility index (Phi) is 6.57. The van der Waals surface area contributed by atoms with Gasteiger partial charge in [0.25, 0.3) is 15.9 Å². The van der Waals surface area contributed by atoms with Gasteiger partial charge in [0.2, 0.25) is 0 Å². The fourth-order valence-electron chi connectivity index (χ4n) is 2.92. The van der Waals surface area contributed by atoms with Crippen LogP contribution in [0, 0.1) is 13.8 Å². The number of carbonyl (C=O) groups is 1. The first-order valence-corrected chi connectivity index (χ1v) is 11.1. The zero-order valence-electron chi connectivity index (χ0n) is 16.8. The molecule has 31 heavy (non-hydrogen) atoms. The fraction of sp³-hybridized carbons (Fsp3) is 0.0909. The molecule has 0 aliphatic heterocycles. The van der Waals surface area contributed by atoms with Crippen LogP contribution in [0.4, 0.5) is 11.4 Å². The Bertz CT molecular complexity index is 1200. The lowest BCUT2D eigenvalue weighted by Gasteiger charge is -2.12. The molecule has 0 aliphatic carbocycles. The number of carbonyl (C=O) groups excluding carboxylic acids is 1. The molecule has 0 heterocycles. The monoisotopic (exact) mass is 455 g/mol. The molecule has 160 valence electrons. The van der Waals surface area contributed by atoms with Crippen molar-refractivity contribution in [2.24, 2.45) is 0 Å². The van der Waals surface area contributed by atoms with E-state index in [0.717, 1.165) is 11.1 Å². The van der Waals surface area contributed by atoms with E-state index >= 15 is 0 Å². The molecule has 0 aromatic heterocycles. The van der Waals surface area contributed by atoms with E-state index in [0.29, 0.717) is 16.9 Å². The largest absolute Gasteiger partial charge is 0.508 e. The minimum atomic E-state index is -3.75. The van der Waals surface area contributed by atoms with E-state index < -0.39 is 15.9 Å². The smallest absolute Gasteiger partial charge is 0.261 e. The number of thiocarbonyl (C=S) groups is 1. The van der Waals surface area contributed by atoms with Crippen LogP contribution < -0.4 is 15.4 Å². The normalized spacial score (nSPS) is 10.9. The Labute approximate surface area is 186 Å². The van der Waals surface area contributed by atoms with E-state index in [-0.39, 0.29) is 15.8 Å². The number of aromatic hydroxyl groups is 1. The zero-order chi connectivity index (χ0) is 22.6. The predicted molar refractivity (Wildman–Crippen MR) is 125 cm³/mol. The molecule has 0 saturated heterocycles. The van der Waals surface area contributed by atoms with Crippen LogP contribution in [-0.2, 0) is 10.0 Å². The average molecular weight is 456 g/mol. The molecule has 0 atom stereocenters. The Morgan fingerprint density at radius 3 is 2.03 bits per heavy atom. The number of hydrogen-bond acceptors (Lipinski definition) is 5. The maximum Gasteiger partial charge on any atom is 0.261 e. The van der Waals surface area contributed by atoms with E-state index in [1.54, 1.807) is 24.3 Å². The molecule has 3 aromatic rings. The van der Waals surface area contributed by atoms with E-state index in [2.05, 4.69) is 15.4 Å². The summed E-state index contributed by atoms with van der Waals surface area (Å²) in [5.74, 6) is -0.381. The third-order valence-electron chi connectivity index (χ3n) is 4.25. The number of rotatable bonds is 5. The highest BCUT2D eigenvalue weighted by Gasteiger charge is 2.15. The number of anilines is 2. The molecule has 3 rings (SSSR count). The van der Waals surface area contributed by atoms with Crippen LogP contribution in [0.15, 0.2) is 71.6 Å². The molecule has 0 radical (unpaired) electrons. The number of hydrogen-bond donors (Lipinski definition) is 4. The van der Waals surface area contributed by atoms with E-state index in [9.17, 15) is 18.3 Å². The van der Waals surface area contributed by atoms with Crippen molar-refractivity contribution in [2.45, 2.75) is 18.7 Å². The highest BCUT2D eigenvalue weighted by Crippen LogP contribution is 2.20. The lowest BCUT2D eigenvalue weighted by atomic mass is 10.1. The number of nitrogens with one attached hydrogen (secondary N) is 3. The van der Waals surface area contributed by atoms with Gasteiger partial charge in [-0.15, -0.1) is 0 Å². The van der Waals surface area contributed by atoms with Crippen molar-refractivity contribution in [3.8, 4) is 5.75 Å². The second-order valence-corrected chi connectivity index (χ2v) is 9.05. The van der Waals surface area contributed by atoms with Gasteiger partial charge in [-0.05, 0) is 97.9 Å². The van der Waals surface area contributed by atoms with E-state index in [4.69, 9.17) is 12.2 Å². The van der Waals surface area contributed by atoms with Crippen molar-refractivity contribution in [2.75, 3.05) is 10.0 Å². The van der Waals surface area contributed by atoms with E-state index in [1.807, 2.05) is 19.9 Å². The third-order valence-corrected chi connectivity index (χ3v) is 5.85. The first-order chi connectivity index (χ1) is 14.6. The lowest BCUT2D eigenvalue weighted by Crippen LogP contribution is -2.34. The molecule has 0 saturated carbocycles. The molecule has 1 amide bonds. The van der Waals surface area contributed by atoms with Gasteiger partial charge in [0, 0.05) is 16.9 Å². The summed E-state index contributed by atoms with van der Waals surface area (Å²) in [5, 5.41) is 14.7. The summed E-state index contributed by atoms with van der Waals surface area (Å²) >= 11 is 5.13. The Morgan fingerprint density at radius 2 is 1.45 bits per heavy atom. The van der Waals surface area contributed by atoms with Crippen LogP contribution in [-0.4, -0.2) is 24.5 Å². The van der Waals surface area contributed by atoms with Crippen LogP contribution >= 0.6 is 12.2 Å². The second-order valence-electron chi connectivity index (χ2n) is 6.96. The van der Waals surface area contributed by atoms with Crippen LogP contribution in [0.5, 0.6) is 5.75 Å². The summed E-state index contributed by atoms with van der Waals surface area (Å²) in [6.07, 6.45) is 0. The molecule has 0 fully saturated rings. The molecular formula is C22H21N3O4S2. The minimum absolute atomic E-state index is 0.0549. The van der Waals surface area contributed by atoms with Crippen molar-refractivity contribution in [3.05, 3.63) is 83.4 Å². The number of phenolic OH excluding ortho intramolecular Hbond substituents is 1. The van der Waals surface area contributed by atoms with Gasteiger partial charge < -0.3 is 10.4 Å². The van der Waals surface area contributed by atoms with Crippen LogP contribution in [0.3, 0.4) is 0 Å². The number of phenols is 1. The van der Waals surface area contributed by atoms with Crippen LogP contribution in [0.1, 0.15) is 21.5 Å². The zero-order valence-corrected chi connectivity index (χ0v) is 18.5. The molecule has 9 heteroatoms. The van der Waals surface area contributed by atoms with Crippen LogP contribution in [0.25, 0.3) is 0 Å². The molecule has 4 N–H and O–H groups in total. The summed E-state index contributed by atoms with van der Waals surface area (Å²) in [7, 11) is -3.75. The average Bonchev–Trinajstić information content (AvgIpc) is 2.67. The van der Waals surface area contributed by atoms with Crippen molar-refractivity contribution in [1.29, 1.82) is 0 Å². The Hall–Kier alpha value is -3.43. The quantitative estimate of drug-likeness (QED) is 0.434. The molecule has 0 spiro atoms. The maximum atomic E-state index is 12.7. The van der Waals surface area contributed by atoms with Gasteiger partial charge in [-0.2, -0.15) is 0 Å². The number of benzene rings is 3. The van der Waals surface area contributed by atoms with Gasteiger partial charge >= 0.3 is 0 Å². The molecule has 0 unspecified atom stereocenters. The van der Waals surface area contributed by atoms with Gasteiger partial charge in [0.1, 0.15) is 5.75 Å². The number of amides is 1. The molecule has 0 bridgehead atoms. The number of aryl methyl sites for hydroxylation is 2. The van der Waals surface area contributed by atoms with Crippen molar-refractivity contribution in [3.63, 3.8) is 0 Å². The van der Waals surface area contributed by atoms with Gasteiger partial charge in [-0.3, -0.25) is 14.8 Å². The minimum Gasteiger partial charge on any atom is -0.508 e. The first-order valence-electron chi connectivity index (χ1n) is 9.25. The molecule has 7 nitrogen and oxygen atoms in total. The molecule has 0 aliphatic rings. The highest BCUT2D eigenvalue weighted by molar-refractivity contribution is 7.92. The van der Waals surface area contributed by atoms with Crippen LogP contribution in [0.2, 0.25) is 0 Å². The predicted octanol–water partition coefficient (Wildman–Crippen LogP) is 3.94. The maximum absolute atomic E-state index is 12.7. The van der Waals surface area contributed by atoms with Gasteiger partial charge in [0.15, 0.2) is 5.11 Å². The SMILES string of the molecule is Cc1cc(C)cc(NS(=O)(=O)c2ccc(NC(=S)NC(=O)c3ccc(O)cc3)cc2)c1. The van der Waals surface area contributed by atoms with Gasteiger partial charge in [-0.25, -0.2) is 8.42 Å². The van der Waals surface area contributed by atoms with Crippen molar-refractivity contribution in [1.82, 2.24) is 5.32 Å². The Balaban J connectivity index is 1.64. The lowest BCUT2D eigenvalue weighted by molar-refractivity contribution is 0.0977. The summed E-state index contributed by atoms with van der Waals surface area (Å²) in [6, 6.07) is 17.2. The topological polar surface area (TPSA) is 108 Å². The third kappa shape index (κ3) is 6.03. The van der Waals surface area contributed by atoms with Crippen molar-refractivity contribution < 1.29 is 18.3 Å². The van der Waals surface area contributed by atoms with E-state index in [1.165, 1.54) is 36.4 Å². The summed E-state index contributed by atoms with van der Waals surface area (Å²) < 4.78 is 27.9. The summed E-state index contributed by atoms with van der Waals surface area (Å²) in [4.78, 5) is 12.2. The summed E-state index contributed by atoms with van der Waals surface area (Å²) in [5.41, 5.74) is 3.26. The molecule has 3 aromatic carbocycles. The number of sulfonamides is 1. The van der Waals surface area contributed by atoms with Crippen molar-refractivity contribution >= 4 is 44.6 Å². The second kappa shape index (κ2) is 9.15. The molecular weight excluding hydrogens is 434 g/mol. The van der Waals surface area contributed by atoms with Gasteiger partial charge in [0.05, 0.1) is 4.90 Å². The summed E-state index contributed by atoms with van der Waals surface area (Å²) in [6.45, 7) is 3.79. The first kappa shape index (κ1) is 22.3. The fourth-order valence-corrected chi connectivity index (χ4v) is 4.17. The van der Waals surface area contributed by atoms with Gasteiger partial charge in [-0.1, -0.05) is 6.07 Å². The standard InChI is InChI=1S/C22H21N3O4S2/c1-14-11-15(2)13-18(12-14)25-31(28,29)20-9-5-17(6-10-20)23-22(30)24-21(27)16-3-7-19(26)8-4-16/h3-13,25-26H,1-2H3,(H2,23,24,27,30).